The average molecular weight is 186 g/mol. The summed E-state index contributed by atoms with van der Waals surface area (Å²) in [5.74, 6) is 0.948. The molecule has 1 rings (SSSR count). The lowest BCUT2D eigenvalue weighted by Crippen LogP contribution is -2.20. The van der Waals surface area contributed by atoms with Crippen LogP contribution in [0.3, 0.4) is 0 Å². The van der Waals surface area contributed by atoms with Crippen molar-refractivity contribution in [1.82, 2.24) is 0 Å². The van der Waals surface area contributed by atoms with Gasteiger partial charge in [-0.1, -0.05) is 18.2 Å². The molecule has 1 aromatic rings. The molecule has 3 heteroatoms. The van der Waals surface area contributed by atoms with Crippen molar-refractivity contribution in [2.75, 3.05) is 13.0 Å². The monoisotopic (exact) mass is 185 g/mol. The van der Waals surface area contributed by atoms with Gasteiger partial charge in [-0.15, -0.1) is 11.6 Å². The van der Waals surface area contributed by atoms with E-state index in [-0.39, 0.29) is 0 Å². The molecule has 0 aliphatic heterocycles. The SMILES string of the molecule is COC(CCl)Oc1[c]cccc1. The molecule has 65 valence electrons. The second kappa shape index (κ2) is 5.01. The number of ether oxygens (including phenoxy) is 2. The van der Waals surface area contributed by atoms with E-state index in [1.165, 1.54) is 0 Å². The molecule has 0 aliphatic rings. The minimum atomic E-state index is -0.398. The predicted molar refractivity (Wildman–Crippen MR) is 47.4 cm³/mol. The first-order chi connectivity index (χ1) is 5.86. The Bertz CT molecular complexity index is 209. The van der Waals surface area contributed by atoms with Crippen LogP contribution in [-0.2, 0) is 4.74 Å². The topological polar surface area (TPSA) is 18.5 Å². The van der Waals surface area contributed by atoms with Gasteiger partial charge in [0, 0.05) is 13.2 Å². The molecule has 1 atom stereocenters. The minimum absolute atomic E-state index is 0.305. The first-order valence-electron chi connectivity index (χ1n) is 3.59. The normalized spacial score (nSPS) is 12.5. The van der Waals surface area contributed by atoms with Crippen molar-refractivity contribution in [3.8, 4) is 5.75 Å². The molecular formula is C9H10ClO2. The van der Waals surface area contributed by atoms with E-state index in [0.29, 0.717) is 11.6 Å². The quantitative estimate of drug-likeness (QED) is 0.528. The third-order valence-electron chi connectivity index (χ3n) is 1.33. The van der Waals surface area contributed by atoms with E-state index in [4.69, 9.17) is 21.1 Å². The molecule has 1 unspecified atom stereocenters. The molecule has 12 heavy (non-hydrogen) atoms. The maximum Gasteiger partial charge on any atom is 0.213 e. The van der Waals surface area contributed by atoms with Gasteiger partial charge >= 0.3 is 0 Å². The number of alkyl halides is 1. The summed E-state index contributed by atoms with van der Waals surface area (Å²) >= 11 is 5.55. The summed E-state index contributed by atoms with van der Waals surface area (Å²) in [7, 11) is 1.55. The largest absolute Gasteiger partial charge is 0.463 e. The van der Waals surface area contributed by atoms with Crippen molar-refractivity contribution in [2.45, 2.75) is 6.29 Å². The van der Waals surface area contributed by atoms with Crippen LogP contribution in [-0.4, -0.2) is 19.3 Å². The van der Waals surface area contributed by atoms with E-state index in [1.807, 2.05) is 12.1 Å². The molecule has 1 aromatic carbocycles. The van der Waals surface area contributed by atoms with E-state index >= 15 is 0 Å². The van der Waals surface area contributed by atoms with Crippen molar-refractivity contribution in [3.05, 3.63) is 30.3 Å². The molecule has 0 saturated heterocycles. The fourth-order valence-electron chi connectivity index (χ4n) is 0.734. The molecule has 0 bridgehead atoms. The Balaban J connectivity index is 2.51. The highest BCUT2D eigenvalue weighted by molar-refractivity contribution is 6.18. The van der Waals surface area contributed by atoms with Gasteiger partial charge in [0.15, 0.2) is 0 Å². The van der Waals surface area contributed by atoms with Gasteiger partial charge in [-0.3, -0.25) is 0 Å². The van der Waals surface area contributed by atoms with Crippen LogP contribution in [0.5, 0.6) is 5.75 Å². The fourth-order valence-corrected chi connectivity index (χ4v) is 0.923. The molecule has 0 fully saturated rings. The summed E-state index contributed by atoms with van der Waals surface area (Å²) in [6.45, 7) is 0. The Labute approximate surface area is 77.1 Å². The first-order valence-corrected chi connectivity index (χ1v) is 4.12. The Hall–Kier alpha value is -0.730. The standard InChI is InChI=1S/C9H10ClO2/c1-11-9(7-10)12-8-5-3-2-4-6-8/h2-5,9H,7H2,1H3. The van der Waals surface area contributed by atoms with E-state index in [0.717, 1.165) is 0 Å². The zero-order chi connectivity index (χ0) is 8.81. The number of benzene rings is 1. The highest BCUT2D eigenvalue weighted by atomic mass is 35.5. The summed E-state index contributed by atoms with van der Waals surface area (Å²) in [6, 6.07) is 10.2. The van der Waals surface area contributed by atoms with Gasteiger partial charge in [0.25, 0.3) is 0 Å². The predicted octanol–water partition coefficient (Wildman–Crippen LogP) is 2.08. The van der Waals surface area contributed by atoms with Crippen LogP contribution in [0, 0.1) is 6.07 Å². The zero-order valence-corrected chi connectivity index (χ0v) is 7.54. The summed E-state index contributed by atoms with van der Waals surface area (Å²) in [6.07, 6.45) is -0.398. The molecule has 0 N–H and O–H groups in total. The van der Waals surface area contributed by atoms with Gasteiger partial charge in [-0.25, -0.2) is 0 Å². The number of para-hydroxylation sites is 1. The molecule has 0 amide bonds. The number of rotatable bonds is 4. The molecule has 2 nitrogen and oxygen atoms in total. The van der Waals surface area contributed by atoms with Crippen LogP contribution in [0.1, 0.15) is 0 Å². The van der Waals surface area contributed by atoms with Crippen LogP contribution in [0.4, 0.5) is 0 Å². The van der Waals surface area contributed by atoms with E-state index in [1.54, 1.807) is 19.2 Å². The summed E-state index contributed by atoms with van der Waals surface area (Å²) in [4.78, 5) is 0. The fraction of sp³-hybridized carbons (Fsp3) is 0.333. The van der Waals surface area contributed by atoms with Crippen LogP contribution < -0.4 is 4.74 Å². The molecule has 0 aliphatic carbocycles. The second-order valence-corrected chi connectivity index (χ2v) is 2.47. The van der Waals surface area contributed by atoms with Crippen LogP contribution in [0.15, 0.2) is 24.3 Å². The number of hydrogen-bond donors (Lipinski definition) is 0. The molecule has 0 spiro atoms. The Morgan fingerprint density at radius 2 is 2.42 bits per heavy atom. The average Bonchev–Trinajstić information content (AvgIpc) is 2.16. The molecule has 1 radical (unpaired) electrons. The lowest BCUT2D eigenvalue weighted by Gasteiger charge is -2.13. The van der Waals surface area contributed by atoms with Crippen LogP contribution in [0.2, 0.25) is 0 Å². The van der Waals surface area contributed by atoms with Gasteiger partial charge in [-0.2, -0.15) is 0 Å². The zero-order valence-electron chi connectivity index (χ0n) is 6.79. The highest BCUT2D eigenvalue weighted by Crippen LogP contribution is 2.10. The maximum atomic E-state index is 5.55. The van der Waals surface area contributed by atoms with E-state index < -0.39 is 6.29 Å². The third kappa shape index (κ3) is 2.72. The Morgan fingerprint density at radius 3 is 2.92 bits per heavy atom. The minimum Gasteiger partial charge on any atom is -0.463 e. The number of hydrogen-bond acceptors (Lipinski definition) is 2. The highest BCUT2D eigenvalue weighted by Gasteiger charge is 2.05. The lowest BCUT2D eigenvalue weighted by atomic mass is 10.3. The van der Waals surface area contributed by atoms with Gasteiger partial charge in [0.1, 0.15) is 5.75 Å². The summed E-state index contributed by atoms with van der Waals surface area (Å²) in [5.41, 5.74) is 0. The van der Waals surface area contributed by atoms with Gasteiger partial charge in [0.05, 0.1) is 5.88 Å². The van der Waals surface area contributed by atoms with Crippen molar-refractivity contribution in [1.29, 1.82) is 0 Å². The van der Waals surface area contributed by atoms with Gasteiger partial charge in [0.2, 0.25) is 6.29 Å². The first kappa shape index (κ1) is 9.36. The van der Waals surface area contributed by atoms with E-state index in [9.17, 15) is 0 Å². The molecule has 0 heterocycles. The number of halogens is 1. The molecule has 0 saturated carbocycles. The van der Waals surface area contributed by atoms with Crippen molar-refractivity contribution in [2.24, 2.45) is 0 Å². The van der Waals surface area contributed by atoms with Crippen molar-refractivity contribution in [3.63, 3.8) is 0 Å². The van der Waals surface area contributed by atoms with Crippen LogP contribution in [0.25, 0.3) is 0 Å². The van der Waals surface area contributed by atoms with Crippen molar-refractivity contribution < 1.29 is 9.47 Å². The third-order valence-corrected chi connectivity index (χ3v) is 1.58. The summed E-state index contributed by atoms with van der Waals surface area (Å²) < 4.78 is 10.2. The van der Waals surface area contributed by atoms with E-state index in [2.05, 4.69) is 6.07 Å². The Morgan fingerprint density at radius 1 is 1.58 bits per heavy atom. The van der Waals surface area contributed by atoms with Gasteiger partial charge < -0.3 is 9.47 Å². The van der Waals surface area contributed by atoms with Gasteiger partial charge in [-0.05, 0) is 6.07 Å². The maximum absolute atomic E-state index is 5.55. The summed E-state index contributed by atoms with van der Waals surface area (Å²) in [5, 5.41) is 0. The second-order valence-electron chi connectivity index (χ2n) is 2.16. The lowest BCUT2D eigenvalue weighted by molar-refractivity contribution is -0.0356. The smallest absolute Gasteiger partial charge is 0.213 e. The molecule has 0 aromatic heterocycles. The molecular weight excluding hydrogens is 176 g/mol. The Kier molecular flexibility index (Phi) is 3.91. The van der Waals surface area contributed by atoms with Crippen molar-refractivity contribution >= 4 is 11.6 Å². The van der Waals surface area contributed by atoms with Crippen LogP contribution >= 0.6 is 11.6 Å². The number of methoxy groups -OCH3 is 1.